The van der Waals surface area contributed by atoms with Crippen LogP contribution >= 0.6 is 24.0 Å². The minimum atomic E-state index is -0.864. The van der Waals surface area contributed by atoms with Crippen LogP contribution in [0.5, 0.6) is 0 Å². The lowest BCUT2D eigenvalue weighted by atomic mass is 10.1. The molecular formula is C14H19N5O3S2. The highest BCUT2D eigenvalue weighted by Gasteiger charge is 2.50. The van der Waals surface area contributed by atoms with Gasteiger partial charge in [-0.05, 0) is 26.0 Å². The second kappa shape index (κ2) is 7.24. The van der Waals surface area contributed by atoms with Crippen molar-refractivity contribution in [3.05, 3.63) is 30.3 Å². The molecule has 1 heterocycles. The number of benzene rings is 1. The number of carbonyl (C=O) groups excluding carboxylic acids is 2. The standard InChI is InChI=1S/C14H19N5O3S2/c1-14(2)10(19(22)12(21)15-3)18(13(23)24-14)17-11(20)16-9-7-5-4-6-8-9/h4-8,10,22H,1-3H3,(H,15,21)(H2,16,17,20)/t10-/m1/s1. The highest BCUT2D eigenvalue weighted by atomic mass is 32.2. The van der Waals surface area contributed by atoms with Gasteiger partial charge in [-0.15, -0.1) is 0 Å². The average Bonchev–Trinajstić information content (AvgIpc) is 2.75. The molecule has 130 valence electrons. The zero-order valence-electron chi connectivity index (χ0n) is 13.4. The number of thiocarbonyl (C=S) groups is 1. The summed E-state index contributed by atoms with van der Waals surface area (Å²) >= 11 is 6.55. The SMILES string of the molecule is CNC(=O)N(O)[C@H]1N(NC(=O)Nc2ccccc2)C(=S)SC1(C)C. The molecule has 1 aromatic rings. The largest absolute Gasteiger partial charge is 0.343 e. The molecule has 1 saturated heterocycles. The summed E-state index contributed by atoms with van der Waals surface area (Å²) in [4.78, 5) is 24.0. The number of hydrazine groups is 1. The molecule has 2 rings (SSSR count). The van der Waals surface area contributed by atoms with Gasteiger partial charge in [0.25, 0.3) is 0 Å². The number of carbonyl (C=O) groups is 2. The molecule has 8 nitrogen and oxygen atoms in total. The average molecular weight is 369 g/mol. The Hall–Kier alpha value is -2.04. The highest BCUT2D eigenvalue weighted by Crippen LogP contribution is 2.41. The van der Waals surface area contributed by atoms with E-state index in [4.69, 9.17) is 12.2 Å². The van der Waals surface area contributed by atoms with E-state index in [1.165, 1.54) is 23.8 Å². The molecule has 0 aromatic heterocycles. The van der Waals surface area contributed by atoms with Crippen molar-refractivity contribution in [2.24, 2.45) is 0 Å². The lowest BCUT2D eigenvalue weighted by molar-refractivity contribution is -0.123. The van der Waals surface area contributed by atoms with Crippen LogP contribution in [0.1, 0.15) is 13.8 Å². The maximum absolute atomic E-state index is 12.2. The summed E-state index contributed by atoms with van der Waals surface area (Å²) < 4.78 is -0.283. The van der Waals surface area contributed by atoms with Gasteiger partial charge in [0.2, 0.25) is 0 Å². The van der Waals surface area contributed by atoms with Gasteiger partial charge in [-0.2, -0.15) is 5.06 Å². The van der Waals surface area contributed by atoms with Crippen LogP contribution in [0.4, 0.5) is 15.3 Å². The Kier molecular flexibility index (Phi) is 5.52. The number of hydrogen-bond acceptors (Lipinski definition) is 5. The minimum Gasteiger partial charge on any atom is -0.339 e. The highest BCUT2D eigenvalue weighted by molar-refractivity contribution is 8.24. The lowest BCUT2D eigenvalue weighted by Crippen LogP contribution is -2.61. The van der Waals surface area contributed by atoms with Crippen LogP contribution in [0, 0.1) is 0 Å². The molecule has 1 aromatic carbocycles. The third kappa shape index (κ3) is 3.89. The third-order valence-corrected chi connectivity index (χ3v) is 4.88. The number of rotatable bonds is 3. The van der Waals surface area contributed by atoms with E-state index in [1.54, 1.807) is 24.3 Å². The van der Waals surface area contributed by atoms with Gasteiger partial charge in [0.1, 0.15) is 0 Å². The van der Waals surface area contributed by atoms with Crippen molar-refractivity contribution >= 4 is 46.0 Å². The topological polar surface area (TPSA) is 96.9 Å². The van der Waals surface area contributed by atoms with Crippen molar-refractivity contribution in [1.29, 1.82) is 0 Å². The van der Waals surface area contributed by atoms with E-state index in [0.29, 0.717) is 15.1 Å². The van der Waals surface area contributed by atoms with Crippen molar-refractivity contribution in [2.45, 2.75) is 24.8 Å². The van der Waals surface area contributed by atoms with Crippen LogP contribution in [0.2, 0.25) is 0 Å². The van der Waals surface area contributed by atoms with E-state index >= 15 is 0 Å². The molecule has 0 unspecified atom stereocenters. The molecule has 0 aliphatic carbocycles. The zero-order valence-corrected chi connectivity index (χ0v) is 15.1. The Balaban J connectivity index is 2.15. The molecule has 0 radical (unpaired) electrons. The fourth-order valence-corrected chi connectivity index (χ4v) is 4.06. The van der Waals surface area contributed by atoms with Crippen molar-refractivity contribution < 1.29 is 14.8 Å². The Morgan fingerprint density at radius 1 is 1.33 bits per heavy atom. The van der Waals surface area contributed by atoms with Crippen molar-refractivity contribution in [3.63, 3.8) is 0 Å². The number of thioether (sulfide) groups is 1. The number of urea groups is 2. The zero-order chi connectivity index (χ0) is 17.9. The molecule has 4 amide bonds. The first-order valence-corrected chi connectivity index (χ1v) is 8.33. The monoisotopic (exact) mass is 369 g/mol. The predicted molar refractivity (Wildman–Crippen MR) is 96.6 cm³/mol. The summed E-state index contributed by atoms with van der Waals surface area (Å²) in [5.74, 6) is 0. The van der Waals surface area contributed by atoms with Crippen LogP contribution in [0.3, 0.4) is 0 Å². The molecule has 4 N–H and O–H groups in total. The van der Waals surface area contributed by atoms with Crippen molar-refractivity contribution in [1.82, 2.24) is 20.8 Å². The molecule has 1 aliphatic heterocycles. The number of nitrogens with zero attached hydrogens (tertiary/aromatic N) is 2. The van der Waals surface area contributed by atoms with E-state index < -0.39 is 23.0 Å². The molecule has 1 atom stereocenters. The molecule has 24 heavy (non-hydrogen) atoms. The van der Waals surface area contributed by atoms with E-state index in [0.717, 1.165) is 0 Å². The first-order valence-electron chi connectivity index (χ1n) is 7.11. The number of hydrogen-bond donors (Lipinski definition) is 4. The Labute approximate surface area is 149 Å². The summed E-state index contributed by atoms with van der Waals surface area (Å²) in [7, 11) is 1.40. The number of nitrogens with one attached hydrogen (secondary N) is 3. The number of para-hydroxylation sites is 1. The minimum absolute atomic E-state index is 0.344. The fourth-order valence-electron chi connectivity index (χ4n) is 2.26. The summed E-state index contributed by atoms with van der Waals surface area (Å²) in [6.07, 6.45) is -0.864. The van der Waals surface area contributed by atoms with Gasteiger partial charge in [-0.3, -0.25) is 5.21 Å². The molecule has 10 heteroatoms. The number of amides is 4. The normalized spacial score (nSPS) is 18.9. The van der Waals surface area contributed by atoms with Gasteiger partial charge >= 0.3 is 12.1 Å². The number of hydroxylamine groups is 2. The van der Waals surface area contributed by atoms with Crippen molar-refractivity contribution in [2.75, 3.05) is 12.4 Å². The molecular weight excluding hydrogens is 350 g/mol. The van der Waals surface area contributed by atoms with E-state index in [1.807, 2.05) is 19.9 Å². The first kappa shape index (κ1) is 18.3. The molecule has 1 aliphatic rings. The second-order valence-electron chi connectivity index (χ2n) is 5.55. The molecule has 0 spiro atoms. The van der Waals surface area contributed by atoms with Gasteiger partial charge in [0, 0.05) is 12.7 Å². The van der Waals surface area contributed by atoms with Gasteiger partial charge in [-0.1, -0.05) is 42.2 Å². The van der Waals surface area contributed by atoms with Gasteiger partial charge in [0.15, 0.2) is 10.5 Å². The Morgan fingerprint density at radius 2 is 1.96 bits per heavy atom. The molecule has 0 bridgehead atoms. The number of anilines is 1. The first-order chi connectivity index (χ1) is 11.3. The Morgan fingerprint density at radius 3 is 2.54 bits per heavy atom. The van der Waals surface area contributed by atoms with Crippen LogP contribution < -0.4 is 16.1 Å². The lowest BCUT2D eigenvalue weighted by Gasteiger charge is -2.36. The van der Waals surface area contributed by atoms with Gasteiger partial charge < -0.3 is 10.6 Å². The maximum Gasteiger partial charge on any atom is 0.343 e. The molecule has 1 fully saturated rings. The maximum atomic E-state index is 12.2. The summed E-state index contributed by atoms with van der Waals surface area (Å²) in [5.41, 5.74) is 3.19. The van der Waals surface area contributed by atoms with E-state index in [9.17, 15) is 14.8 Å². The van der Waals surface area contributed by atoms with Gasteiger partial charge in [-0.25, -0.2) is 20.0 Å². The van der Waals surface area contributed by atoms with Crippen LogP contribution in [-0.2, 0) is 0 Å². The fraction of sp³-hybridized carbons (Fsp3) is 0.357. The van der Waals surface area contributed by atoms with Gasteiger partial charge in [0.05, 0.1) is 4.75 Å². The summed E-state index contributed by atoms with van der Waals surface area (Å²) in [6.45, 7) is 3.63. The van der Waals surface area contributed by atoms with Crippen molar-refractivity contribution in [3.8, 4) is 0 Å². The smallest absolute Gasteiger partial charge is 0.339 e. The quantitative estimate of drug-likeness (QED) is 0.370. The summed E-state index contributed by atoms with van der Waals surface area (Å²) in [6, 6.07) is 7.66. The van der Waals surface area contributed by atoms with Crippen LogP contribution in [0.15, 0.2) is 30.3 Å². The third-order valence-electron chi connectivity index (χ3n) is 3.32. The second-order valence-corrected chi connectivity index (χ2v) is 7.83. The van der Waals surface area contributed by atoms with E-state index in [2.05, 4.69) is 16.1 Å². The van der Waals surface area contributed by atoms with Crippen LogP contribution in [-0.4, -0.2) is 49.6 Å². The molecule has 0 saturated carbocycles. The Bertz CT molecular complexity index is 641. The van der Waals surface area contributed by atoms with Crippen LogP contribution in [0.25, 0.3) is 0 Å². The summed E-state index contributed by atoms with van der Waals surface area (Å²) in [5, 5.41) is 17.0. The predicted octanol–water partition coefficient (Wildman–Crippen LogP) is 2.19. The van der Waals surface area contributed by atoms with E-state index in [-0.39, 0.29) is 0 Å².